The van der Waals surface area contributed by atoms with Crippen LogP contribution in [0.2, 0.25) is 5.02 Å². The van der Waals surface area contributed by atoms with E-state index in [4.69, 9.17) is 25.8 Å². The normalized spacial score (nSPS) is 10.1. The van der Waals surface area contributed by atoms with E-state index in [1.165, 1.54) is 0 Å². The quantitative estimate of drug-likeness (QED) is 0.716. The first-order valence-corrected chi connectivity index (χ1v) is 6.81. The Hall–Kier alpha value is -1.87. The Morgan fingerprint density at radius 3 is 2.15 bits per heavy atom. The Morgan fingerprint density at radius 1 is 0.850 bits per heavy atom. The smallest absolute Gasteiger partial charge is 0.120 e. The van der Waals surface area contributed by atoms with Gasteiger partial charge in [0, 0.05) is 11.4 Å². The molecule has 0 unspecified atom stereocenters. The van der Waals surface area contributed by atoms with Crippen molar-refractivity contribution < 1.29 is 14.2 Å². The molecule has 106 valence electrons. The molecule has 0 saturated carbocycles. The van der Waals surface area contributed by atoms with E-state index in [9.17, 15) is 0 Å². The summed E-state index contributed by atoms with van der Waals surface area (Å²) in [5.74, 6) is 2.43. The summed E-state index contributed by atoms with van der Waals surface area (Å²) in [4.78, 5) is 0. The zero-order chi connectivity index (χ0) is 14.2. The molecule has 0 fully saturated rings. The highest BCUT2D eigenvalue weighted by atomic mass is 35.5. The van der Waals surface area contributed by atoms with Crippen LogP contribution in [0.25, 0.3) is 0 Å². The molecule has 20 heavy (non-hydrogen) atoms. The molecule has 0 saturated heterocycles. The first-order chi connectivity index (χ1) is 9.78. The van der Waals surface area contributed by atoms with Gasteiger partial charge in [-0.3, -0.25) is 0 Å². The van der Waals surface area contributed by atoms with E-state index in [2.05, 4.69) is 0 Å². The minimum Gasteiger partial charge on any atom is -0.497 e. The van der Waals surface area contributed by atoms with Gasteiger partial charge in [0.25, 0.3) is 0 Å². The van der Waals surface area contributed by atoms with E-state index in [1.54, 1.807) is 13.2 Å². The molecule has 4 heteroatoms. The van der Waals surface area contributed by atoms with Gasteiger partial charge in [0.05, 0.1) is 20.3 Å². The lowest BCUT2D eigenvalue weighted by Gasteiger charge is -2.08. The van der Waals surface area contributed by atoms with Crippen LogP contribution in [0.3, 0.4) is 0 Å². The highest BCUT2D eigenvalue weighted by molar-refractivity contribution is 6.30. The van der Waals surface area contributed by atoms with Crippen molar-refractivity contribution in [2.24, 2.45) is 0 Å². The topological polar surface area (TPSA) is 27.7 Å². The maximum absolute atomic E-state index is 5.87. The van der Waals surface area contributed by atoms with Crippen molar-refractivity contribution in [1.82, 2.24) is 0 Å². The van der Waals surface area contributed by atoms with Crippen LogP contribution in [0.15, 0.2) is 48.5 Å². The van der Waals surface area contributed by atoms with Gasteiger partial charge in [-0.2, -0.15) is 0 Å². The van der Waals surface area contributed by atoms with Gasteiger partial charge >= 0.3 is 0 Å². The molecule has 2 aromatic carbocycles. The fourth-order valence-electron chi connectivity index (χ4n) is 1.67. The lowest BCUT2D eigenvalue weighted by Crippen LogP contribution is -2.04. The summed E-state index contributed by atoms with van der Waals surface area (Å²) < 4.78 is 16.3. The molecule has 0 aliphatic heterocycles. The molecule has 2 aromatic rings. The molecule has 0 aliphatic carbocycles. The molecular formula is C16H17ClO3. The summed E-state index contributed by atoms with van der Waals surface area (Å²) in [5.41, 5.74) is 0. The first-order valence-electron chi connectivity index (χ1n) is 6.43. The number of methoxy groups -OCH3 is 1. The van der Waals surface area contributed by atoms with Gasteiger partial charge in [-0.25, -0.2) is 0 Å². The lowest BCUT2D eigenvalue weighted by atomic mass is 10.3. The summed E-state index contributed by atoms with van der Waals surface area (Å²) in [6.07, 6.45) is 0.804. The summed E-state index contributed by atoms with van der Waals surface area (Å²) in [6, 6.07) is 14.9. The lowest BCUT2D eigenvalue weighted by molar-refractivity contribution is 0.247. The summed E-state index contributed by atoms with van der Waals surface area (Å²) in [5, 5.41) is 0.678. The van der Waals surface area contributed by atoms with Crippen molar-refractivity contribution in [3.8, 4) is 17.2 Å². The van der Waals surface area contributed by atoms with Crippen LogP contribution < -0.4 is 14.2 Å². The van der Waals surface area contributed by atoms with Crippen LogP contribution in [0.4, 0.5) is 0 Å². The minimum absolute atomic E-state index is 0.594. The van der Waals surface area contributed by atoms with Crippen molar-refractivity contribution in [2.45, 2.75) is 6.42 Å². The minimum atomic E-state index is 0.594. The highest BCUT2D eigenvalue weighted by Gasteiger charge is 1.97. The monoisotopic (exact) mass is 292 g/mol. The molecule has 0 aromatic heterocycles. The molecule has 0 bridgehead atoms. The second-order valence-electron chi connectivity index (χ2n) is 4.18. The Labute approximate surface area is 124 Å². The maximum atomic E-state index is 5.87. The van der Waals surface area contributed by atoms with Crippen LogP contribution in [0, 0.1) is 0 Å². The van der Waals surface area contributed by atoms with Gasteiger partial charge in [-0.15, -0.1) is 0 Å². The van der Waals surface area contributed by atoms with Gasteiger partial charge in [0.15, 0.2) is 0 Å². The maximum Gasteiger partial charge on any atom is 0.120 e. The van der Waals surface area contributed by atoms with E-state index in [0.717, 1.165) is 23.7 Å². The zero-order valence-corrected chi connectivity index (χ0v) is 12.1. The van der Waals surface area contributed by atoms with E-state index in [0.29, 0.717) is 18.2 Å². The summed E-state index contributed by atoms with van der Waals surface area (Å²) in [6.45, 7) is 1.20. The molecule has 0 amide bonds. The van der Waals surface area contributed by atoms with E-state index < -0.39 is 0 Å². The number of rotatable bonds is 7. The zero-order valence-electron chi connectivity index (χ0n) is 11.3. The molecule has 0 atom stereocenters. The van der Waals surface area contributed by atoms with Crippen molar-refractivity contribution in [2.75, 3.05) is 20.3 Å². The van der Waals surface area contributed by atoms with Crippen molar-refractivity contribution in [3.63, 3.8) is 0 Å². The number of halogens is 1. The van der Waals surface area contributed by atoms with E-state index in [-0.39, 0.29) is 0 Å². The third-order valence-corrected chi connectivity index (χ3v) is 2.92. The van der Waals surface area contributed by atoms with Crippen molar-refractivity contribution >= 4 is 11.6 Å². The Balaban J connectivity index is 1.66. The van der Waals surface area contributed by atoms with Crippen LogP contribution in [-0.2, 0) is 0 Å². The predicted molar refractivity (Wildman–Crippen MR) is 80.1 cm³/mol. The van der Waals surface area contributed by atoms with Crippen LogP contribution >= 0.6 is 11.6 Å². The molecule has 0 spiro atoms. The molecule has 0 aliphatic rings. The van der Waals surface area contributed by atoms with Gasteiger partial charge in [0.2, 0.25) is 0 Å². The van der Waals surface area contributed by atoms with Crippen LogP contribution in [-0.4, -0.2) is 20.3 Å². The third kappa shape index (κ3) is 4.67. The Bertz CT molecular complexity index is 526. The number of hydrogen-bond acceptors (Lipinski definition) is 3. The average Bonchev–Trinajstić information content (AvgIpc) is 2.48. The molecule has 0 heterocycles. The standard InChI is InChI=1S/C16H17ClO3/c1-18-14-6-8-15(9-7-14)19-10-3-11-20-16-5-2-4-13(17)12-16/h2,4-9,12H,3,10-11H2,1H3. The first kappa shape index (κ1) is 14.5. The molecule has 0 N–H and O–H groups in total. The largest absolute Gasteiger partial charge is 0.497 e. The average molecular weight is 293 g/mol. The van der Waals surface area contributed by atoms with Gasteiger partial charge < -0.3 is 14.2 Å². The summed E-state index contributed by atoms with van der Waals surface area (Å²) >= 11 is 5.87. The van der Waals surface area contributed by atoms with E-state index in [1.807, 2.05) is 42.5 Å². The van der Waals surface area contributed by atoms with Gasteiger partial charge in [-0.1, -0.05) is 17.7 Å². The van der Waals surface area contributed by atoms with E-state index >= 15 is 0 Å². The number of hydrogen-bond donors (Lipinski definition) is 0. The third-order valence-electron chi connectivity index (χ3n) is 2.68. The fraction of sp³-hybridized carbons (Fsp3) is 0.250. The Kier molecular flexibility index (Phi) is 5.56. The second-order valence-corrected chi connectivity index (χ2v) is 4.62. The second kappa shape index (κ2) is 7.65. The van der Waals surface area contributed by atoms with Crippen LogP contribution in [0.5, 0.6) is 17.2 Å². The molecule has 0 radical (unpaired) electrons. The molecule has 3 nitrogen and oxygen atoms in total. The van der Waals surface area contributed by atoms with Gasteiger partial charge in [-0.05, 0) is 42.5 Å². The van der Waals surface area contributed by atoms with Gasteiger partial charge in [0.1, 0.15) is 17.2 Å². The number of ether oxygens (including phenoxy) is 3. The molecule has 2 rings (SSSR count). The predicted octanol–water partition coefficient (Wildman–Crippen LogP) is 4.20. The highest BCUT2D eigenvalue weighted by Crippen LogP contribution is 2.18. The molecular weight excluding hydrogens is 276 g/mol. The fourth-order valence-corrected chi connectivity index (χ4v) is 1.85. The Morgan fingerprint density at radius 2 is 1.50 bits per heavy atom. The van der Waals surface area contributed by atoms with Crippen LogP contribution in [0.1, 0.15) is 6.42 Å². The van der Waals surface area contributed by atoms with Crippen molar-refractivity contribution in [3.05, 3.63) is 53.6 Å². The SMILES string of the molecule is COc1ccc(OCCCOc2cccc(Cl)c2)cc1. The number of benzene rings is 2. The van der Waals surface area contributed by atoms with Crippen molar-refractivity contribution in [1.29, 1.82) is 0 Å². The summed E-state index contributed by atoms with van der Waals surface area (Å²) in [7, 11) is 1.64.